The molecule has 3 nitrogen and oxygen atoms in total. The minimum atomic E-state index is -0.469. The molecule has 0 radical (unpaired) electrons. The highest BCUT2D eigenvalue weighted by molar-refractivity contribution is 5.82. The highest BCUT2D eigenvalue weighted by Gasteiger charge is 2.04. The largest absolute Gasteiger partial charge is 0.512 e. The molecule has 0 bridgehead atoms. The third-order valence-corrected chi connectivity index (χ3v) is 1.83. The number of ether oxygens (including phenoxy) is 1. The lowest BCUT2D eigenvalue weighted by Crippen LogP contribution is -2.03. The molecule has 0 aromatic rings. The number of rotatable bonds is 5. The van der Waals surface area contributed by atoms with Crippen LogP contribution in [0.2, 0.25) is 0 Å². The van der Waals surface area contributed by atoms with Gasteiger partial charge in [0.05, 0.1) is 18.4 Å². The predicted octanol–water partition coefficient (Wildman–Crippen LogP) is 2.43. The van der Waals surface area contributed by atoms with Gasteiger partial charge in [-0.2, -0.15) is 0 Å². The van der Waals surface area contributed by atoms with Crippen molar-refractivity contribution in [3.63, 3.8) is 0 Å². The minimum Gasteiger partial charge on any atom is -0.512 e. The second kappa shape index (κ2) is 6.52. The van der Waals surface area contributed by atoms with E-state index in [1.807, 2.05) is 13.8 Å². The molecule has 1 atom stereocenters. The number of allylic oxidation sites excluding steroid dienone is 1. The van der Waals surface area contributed by atoms with Crippen LogP contribution in [0.3, 0.4) is 0 Å². The summed E-state index contributed by atoms with van der Waals surface area (Å²) in [6.07, 6.45) is 2.67. The number of hydrogen-bond donors (Lipinski definition) is 1. The summed E-state index contributed by atoms with van der Waals surface area (Å²) in [5, 5.41) is 9.31. The Hall–Kier alpha value is -0.990. The molecule has 13 heavy (non-hydrogen) atoms. The highest BCUT2D eigenvalue weighted by Crippen LogP contribution is 2.11. The Morgan fingerprint density at radius 2 is 2.15 bits per heavy atom. The molecule has 0 saturated carbocycles. The average molecular weight is 186 g/mol. The van der Waals surface area contributed by atoms with Gasteiger partial charge in [-0.15, -0.1) is 0 Å². The summed E-state index contributed by atoms with van der Waals surface area (Å²) in [7, 11) is 0. The maximum atomic E-state index is 10.9. The van der Waals surface area contributed by atoms with Crippen molar-refractivity contribution in [3.05, 3.63) is 11.8 Å². The minimum absolute atomic E-state index is 0.104. The molecule has 0 aromatic carbocycles. The van der Waals surface area contributed by atoms with Gasteiger partial charge in [-0.25, -0.2) is 4.79 Å². The number of esters is 1. The van der Waals surface area contributed by atoms with Crippen molar-refractivity contribution in [3.8, 4) is 0 Å². The van der Waals surface area contributed by atoms with Crippen molar-refractivity contribution < 1.29 is 14.6 Å². The SMILES string of the molecule is CCOC(=O)/C=C(\O)C[C@H](C)CC. The van der Waals surface area contributed by atoms with Gasteiger partial charge in [0, 0.05) is 6.42 Å². The van der Waals surface area contributed by atoms with Crippen molar-refractivity contribution in [1.82, 2.24) is 0 Å². The smallest absolute Gasteiger partial charge is 0.334 e. The molecule has 0 unspecified atom stereocenters. The first-order valence-corrected chi connectivity index (χ1v) is 4.66. The van der Waals surface area contributed by atoms with Crippen LogP contribution < -0.4 is 0 Å². The van der Waals surface area contributed by atoms with E-state index in [0.717, 1.165) is 12.5 Å². The first-order valence-electron chi connectivity index (χ1n) is 4.66. The summed E-state index contributed by atoms with van der Waals surface area (Å²) in [5.41, 5.74) is 0. The maximum absolute atomic E-state index is 10.9. The van der Waals surface area contributed by atoms with E-state index in [-0.39, 0.29) is 5.76 Å². The van der Waals surface area contributed by atoms with Crippen molar-refractivity contribution in [1.29, 1.82) is 0 Å². The Bertz CT molecular complexity index is 185. The summed E-state index contributed by atoms with van der Waals surface area (Å²) in [6, 6.07) is 0. The molecule has 0 amide bonds. The third-order valence-electron chi connectivity index (χ3n) is 1.83. The fourth-order valence-electron chi connectivity index (χ4n) is 0.880. The topological polar surface area (TPSA) is 46.5 Å². The third kappa shape index (κ3) is 6.20. The van der Waals surface area contributed by atoms with Gasteiger partial charge in [0.1, 0.15) is 0 Å². The molecule has 0 fully saturated rings. The number of aliphatic hydroxyl groups is 1. The molecule has 0 rings (SSSR count). The first kappa shape index (κ1) is 12.0. The highest BCUT2D eigenvalue weighted by atomic mass is 16.5. The van der Waals surface area contributed by atoms with Gasteiger partial charge in [0.15, 0.2) is 0 Å². The fourth-order valence-corrected chi connectivity index (χ4v) is 0.880. The standard InChI is InChI=1S/C10H18O3/c1-4-8(3)6-9(11)7-10(12)13-5-2/h7-8,11H,4-6H2,1-3H3/b9-7-/t8-/m1/s1. The van der Waals surface area contributed by atoms with Gasteiger partial charge in [-0.3, -0.25) is 0 Å². The number of carbonyl (C=O) groups excluding carboxylic acids is 1. The normalized spacial score (nSPS) is 13.9. The number of hydrogen-bond acceptors (Lipinski definition) is 3. The Kier molecular flexibility index (Phi) is 6.02. The second-order valence-electron chi connectivity index (χ2n) is 3.11. The van der Waals surface area contributed by atoms with E-state index in [2.05, 4.69) is 4.74 Å². The average Bonchev–Trinajstić information content (AvgIpc) is 2.04. The maximum Gasteiger partial charge on any atom is 0.334 e. The molecule has 0 saturated heterocycles. The number of aliphatic hydroxyl groups excluding tert-OH is 1. The van der Waals surface area contributed by atoms with Gasteiger partial charge in [-0.1, -0.05) is 20.3 Å². The zero-order chi connectivity index (χ0) is 10.3. The molecular weight excluding hydrogens is 168 g/mol. The lowest BCUT2D eigenvalue weighted by molar-refractivity contribution is -0.137. The molecule has 0 aromatic heterocycles. The van der Waals surface area contributed by atoms with Crippen molar-refractivity contribution in [2.45, 2.75) is 33.6 Å². The zero-order valence-corrected chi connectivity index (χ0v) is 8.54. The Morgan fingerprint density at radius 3 is 2.62 bits per heavy atom. The van der Waals surface area contributed by atoms with Crippen LogP contribution in [-0.2, 0) is 9.53 Å². The monoisotopic (exact) mass is 186 g/mol. The van der Waals surface area contributed by atoms with Crippen molar-refractivity contribution in [2.24, 2.45) is 5.92 Å². The summed E-state index contributed by atoms with van der Waals surface area (Å²) in [6.45, 7) is 6.14. The Morgan fingerprint density at radius 1 is 1.54 bits per heavy atom. The molecule has 0 aliphatic rings. The fraction of sp³-hybridized carbons (Fsp3) is 0.700. The van der Waals surface area contributed by atoms with Gasteiger partial charge in [0.2, 0.25) is 0 Å². The van der Waals surface area contributed by atoms with Crippen LogP contribution in [0.1, 0.15) is 33.6 Å². The van der Waals surface area contributed by atoms with Crippen LogP contribution in [0.25, 0.3) is 0 Å². The van der Waals surface area contributed by atoms with E-state index in [9.17, 15) is 9.90 Å². The molecule has 0 aliphatic heterocycles. The predicted molar refractivity (Wildman–Crippen MR) is 51.4 cm³/mol. The Balaban J connectivity index is 3.93. The second-order valence-corrected chi connectivity index (χ2v) is 3.11. The molecular formula is C10H18O3. The summed E-state index contributed by atoms with van der Waals surface area (Å²) in [4.78, 5) is 10.9. The lowest BCUT2D eigenvalue weighted by atomic mass is 10.0. The van der Waals surface area contributed by atoms with Gasteiger partial charge >= 0.3 is 5.97 Å². The molecule has 1 N–H and O–H groups in total. The van der Waals surface area contributed by atoms with Crippen LogP contribution in [0.5, 0.6) is 0 Å². The number of carbonyl (C=O) groups is 1. The van der Waals surface area contributed by atoms with E-state index < -0.39 is 5.97 Å². The lowest BCUT2D eigenvalue weighted by Gasteiger charge is -2.06. The van der Waals surface area contributed by atoms with Gasteiger partial charge in [0.25, 0.3) is 0 Å². The van der Waals surface area contributed by atoms with E-state index >= 15 is 0 Å². The van der Waals surface area contributed by atoms with E-state index in [1.165, 1.54) is 0 Å². The van der Waals surface area contributed by atoms with Crippen molar-refractivity contribution in [2.75, 3.05) is 6.61 Å². The molecule has 76 valence electrons. The molecule has 0 heterocycles. The van der Waals surface area contributed by atoms with E-state index in [1.54, 1.807) is 6.92 Å². The summed E-state index contributed by atoms with van der Waals surface area (Å²) >= 11 is 0. The first-order chi connectivity index (χ1) is 6.10. The summed E-state index contributed by atoms with van der Waals surface area (Å²) in [5.74, 6) is 0.0294. The molecule has 0 aliphatic carbocycles. The van der Waals surface area contributed by atoms with E-state index in [0.29, 0.717) is 18.9 Å². The van der Waals surface area contributed by atoms with Gasteiger partial charge in [-0.05, 0) is 12.8 Å². The van der Waals surface area contributed by atoms with Crippen LogP contribution in [0, 0.1) is 5.92 Å². The van der Waals surface area contributed by atoms with Crippen molar-refractivity contribution >= 4 is 5.97 Å². The zero-order valence-electron chi connectivity index (χ0n) is 8.54. The van der Waals surface area contributed by atoms with Crippen LogP contribution in [-0.4, -0.2) is 17.7 Å². The van der Waals surface area contributed by atoms with Crippen LogP contribution in [0.4, 0.5) is 0 Å². The molecule has 3 heteroatoms. The Labute approximate surface area is 79.4 Å². The van der Waals surface area contributed by atoms with Crippen LogP contribution >= 0.6 is 0 Å². The summed E-state index contributed by atoms with van der Waals surface area (Å²) < 4.78 is 4.65. The van der Waals surface area contributed by atoms with Crippen LogP contribution in [0.15, 0.2) is 11.8 Å². The molecule has 0 spiro atoms. The quantitative estimate of drug-likeness (QED) is 0.407. The van der Waals surface area contributed by atoms with E-state index in [4.69, 9.17) is 0 Å². The van der Waals surface area contributed by atoms with Gasteiger partial charge < -0.3 is 9.84 Å².